The normalized spacial score (nSPS) is 35.6. The van der Waals surface area contributed by atoms with Gasteiger partial charge in [0, 0.05) is 31.3 Å². The fourth-order valence-corrected chi connectivity index (χ4v) is 5.32. The molecule has 0 spiro atoms. The molecule has 6 heteroatoms. The molecule has 2 amide bonds. The molecule has 1 aromatic carbocycles. The number of nitrogens with zero attached hydrogens (tertiary/aromatic N) is 1. The second-order valence-electron chi connectivity index (χ2n) is 7.81. The molecule has 0 aromatic heterocycles. The molecule has 6 nitrogen and oxygen atoms in total. The van der Waals surface area contributed by atoms with E-state index in [2.05, 4.69) is 5.32 Å². The predicted molar refractivity (Wildman–Crippen MR) is 93.5 cm³/mol. The molecule has 1 aromatic rings. The molecule has 0 radical (unpaired) electrons. The van der Waals surface area contributed by atoms with Crippen LogP contribution in [0, 0.1) is 11.8 Å². The molecular formula is C20H24N2O4. The van der Waals surface area contributed by atoms with Gasteiger partial charge in [-0.05, 0) is 24.5 Å². The number of benzene rings is 1. The zero-order valence-corrected chi connectivity index (χ0v) is 14.8. The summed E-state index contributed by atoms with van der Waals surface area (Å²) in [6.45, 7) is 2.20. The Morgan fingerprint density at radius 3 is 2.85 bits per heavy atom. The van der Waals surface area contributed by atoms with Crippen molar-refractivity contribution in [1.82, 2.24) is 10.2 Å². The second kappa shape index (κ2) is 5.98. The highest BCUT2D eigenvalue weighted by Crippen LogP contribution is 2.55. The summed E-state index contributed by atoms with van der Waals surface area (Å²) in [6.07, 6.45) is 3.94. The van der Waals surface area contributed by atoms with Gasteiger partial charge >= 0.3 is 0 Å². The van der Waals surface area contributed by atoms with Gasteiger partial charge in [0.15, 0.2) is 5.72 Å². The topological polar surface area (TPSA) is 67.9 Å². The van der Waals surface area contributed by atoms with Gasteiger partial charge in [-0.15, -0.1) is 0 Å². The van der Waals surface area contributed by atoms with Crippen LogP contribution in [0.25, 0.3) is 0 Å². The van der Waals surface area contributed by atoms with Gasteiger partial charge < -0.3 is 19.7 Å². The summed E-state index contributed by atoms with van der Waals surface area (Å²) in [5.41, 5.74) is 0.368. The van der Waals surface area contributed by atoms with Crippen molar-refractivity contribution in [3.8, 4) is 5.75 Å². The van der Waals surface area contributed by atoms with E-state index < -0.39 is 11.6 Å². The molecule has 5 rings (SSSR count). The summed E-state index contributed by atoms with van der Waals surface area (Å²) in [7, 11) is 0. The molecule has 2 saturated heterocycles. The minimum Gasteiger partial charge on any atom is -0.467 e. The number of carbonyl (C=O) groups is 2. The van der Waals surface area contributed by atoms with Crippen molar-refractivity contribution in [2.75, 3.05) is 26.3 Å². The van der Waals surface area contributed by atoms with Crippen molar-refractivity contribution in [2.45, 2.75) is 37.3 Å². The first kappa shape index (κ1) is 16.1. The Kier molecular flexibility index (Phi) is 3.71. The first-order valence-corrected chi connectivity index (χ1v) is 9.66. The Hall–Kier alpha value is -2.08. The SMILES string of the molecule is O=C1N[C@]23CCCC[C@H]2[C@@H](c2ccccc2O3)[C@H]1C(=O)N1CCOCC1. The van der Waals surface area contributed by atoms with Crippen LogP contribution in [0.5, 0.6) is 5.75 Å². The van der Waals surface area contributed by atoms with Gasteiger partial charge in [-0.2, -0.15) is 0 Å². The number of hydrogen-bond acceptors (Lipinski definition) is 4. The molecule has 1 aliphatic carbocycles. The lowest BCUT2D eigenvalue weighted by atomic mass is 9.62. The Morgan fingerprint density at radius 2 is 2.00 bits per heavy atom. The Morgan fingerprint density at radius 1 is 1.19 bits per heavy atom. The number of ether oxygens (including phenoxy) is 2. The fourth-order valence-electron chi connectivity index (χ4n) is 5.32. The molecule has 0 unspecified atom stereocenters. The minimum atomic E-state index is -0.672. The third-order valence-electron chi connectivity index (χ3n) is 6.48. The highest BCUT2D eigenvalue weighted by atomic mass is 16.5. The highest BCUT2D eigenvalue weighted by molar-refractivity contribution is 6.02. The van der Waals surface area contributed by atoms with Gasteiger partial charge in [0.05, 0.1) is 13.2 Å². The Balaban J connectivity index is 1.58. The van der Waals surface area contributed by atoms with Crippen molar-refractivity contribution >= 4 is 11.8 Å². The number of hydrogen-bond donors (Lipinski definition) is 1. The van der Waals surface area contributed by atoms with Crippen molar-refractivity contribution in [2.24, 2.45) is 11.8 Å². The average Bonchev–Trinajstić information content (AvgIpc) is 2.67. The molecule has 4 atom stereocenters. The maximum atomic E-state index is 13.3. The summed E-state index contributed by atoms with van der Waals surface area (Å²) in [5, 5.41) is 3.13. The molecule has 3 aliphatic heterocycles. The number of morpholine rings is 1. The maximum Gasteiger partial charge on any atom is 0.236 e. The second-order valence-corrected chi connectivity index (χ2v) is 7.81. The van der Waals surface area contributed by atoms with E-state index in [1.807, 2.05) is 24.3 Å². The molecule has 4 aliphatic rings. The molecule has 3 heterocycles. The van der Waals surface area contributed by atoms with Gasteiger partial charge in [0.25, 0.3) is 0 Å². The van der Waals surface area contributed by atoms with Crippen LogP contribution in [0.2, 0.25) is 0 Å². The van der Waals surface area contributed by atoms with Crippen LogP contribution in [0.1, 0.15) is 37.2 Å². The van der Waals surface area contributed by atoms with E-state index in [-0.39, 0.29) is 23.7 Å². The summed E-state index contributed by atoms with van der Waals surface area (Å²) in [5.74, 6) is -0.0567. The van der Waals surface area contributed by atoms with Crippen LogP contribution < -0.4 is 10.1 Å². The zero-order chi connectivity index (χ0) is 17.7. The van der Waals surface area contributed by atoms with Crippen LogP contribution in [0.15, 0.2) is 24.3 Å². The van der Waals surface area contributed by atoms with Gasteiger partial charge in [0.1, 0.15) is 11.7 Å². The number of para-hydroxylation sites is 1. The monoisotopic (exact) mass is 356 g/mol. The van der Waals surface area contributed by atoms with E-state index in [9.17, 15) is 9.59 Å². The summed E-state index contributed by atoms with van der Waals surface area (Å²) in [4.78, 5) is 28.2. The molecule has 1 N–H and O–H groups in total. The predicted octanol–water partition coefficient (Wildman–Crippen LogP) is 1.65. The van der Waals surface area contributed by atoms with E-state index in [0.29, 0.717) is 26.3 Å². The maximum absolute atomic E-state index is 13.3. The van der Waals surface area contributed by atoms with Crippen LogP contribution in [0.3, 0.4) is 0 Å². The third kappa shape index (κ3) is 2.28. The lowest BCUT2D eigenvalue weighted by Gasteiger charge is -2.56. The molecule has 2 bridgehead atoms. The first-order valence-electron chi connectivity index (χ1n) is 9.66. The van der Waals surface area contributed by atoms with Crippen molar-refractivity contribution in [1.29, 1.82) is 0 Å². The van der Waals surface area contributed by atoms with Crippen LogP contribution >= 0.6 is 0 Å². The number of fused-ring (bicyclic) bond motifs is 2. The molecule has 26 heavy (non-hydrogen) atoms. The van der Waals surface area contributed by atoms with Gasteiger partial charge in [-0.25, -0.2) is 0 Å². The number of carbonyl (C=O) groups excluding carboxylic acids is 2. The standard InChI is InChI=1S/C20H24N2O4/c23-18-17(19(24)22-9-11-25-12-10-22)16-13-5-1-2-7-15(13)26-20(21-18)8-4-3-6-14(16)20/h1-2,5,7,14,16-17H,3-4,6,8-12H2,(H,21,23)/t14-,16+,17+,20-/m0/s1. The van der Waals surface area contributed by atoms with Crippen molar-refractivity contribution < 1.29 is 19.1 Å². The van der Waals surface area contributed by atoms with Crippen LogP contribution in [0.4, 0.5) is 0 Å². The minimum absolute atomic E-state index is 0.0633. The van der Waals surface area contributed by atoms with E-state index in [4.69, 9.17) is 9.47 Å². The average molecular weight is 356 g/mol. The van der Waals surface area contributed by atoms with E-state index >= 15 is 0 Å². The van der Waals surface area contributed by atoms with Gasteiger partial charge in [-0.3, -0.25) is 9.59 Å². The smallest absolute Gasteiger partial charge is 0.236 e. The Bertz CT molecular complexity index is 745. The lowest BCUT2D eigenvalue weighted by molar-refractivity contribution is -0.167. The largest absolute Gasteiger partial charge is 0.467 e. The number of amides is 2. The summed E-state index contributed by atoms with van der Waals surface area (Å²) >= 11 is 0. The zero-order valence-electron chi connectivity index (χ0n) is 14.8. The van der Waals surface area contributed by atoms with Gasteiger partial charge in [-0.1, -0.05) is 24.6 Å². The number of rotatable bonds is 1. The molecule has 3 fully saturated rings. The molecular weight excluding hydrogens is 332 g/mol. The van der Waals surface area contributed by atoms with Crippen LogP contribution in [-0.2, 0) is 14.3 Å². The molecule has 138 valence electrons. The van der Waals surface area contributed by atoms with E-state index in [0.717, 1.165) is 37.0 Å². The third-order valence-corrected chi connectivity index (χ3v) is 6.48. The summed E-state index contributed by atoms with van der Waals surface area (Å²) < 4.78 is 11.7. The van der Waals surface area contributed by atoms with Crippen molar-refractivity contribution in [3.05, 3.63) is 29.8 Å². The summed E-state index contributed by atoms with van der Waals surface area (Å²) in [6, 6.07) is 7.91. The fraction of sp³-hybridized carbons (Fsp3) is 0.600. The van der Waals surface area contributed by atoms with Crippen LogP contribution in [-0.4, -0.2) is 48.7 Å². The van der Waals surface area contributed by atoms with Gasteiger partial charge in [0.2, 0.25) is 11.8 Å². The van der Waals surface area contributed by atoms with E-state index in [1.54, 1.807) is 4.90 Å². The Labute approximate surface area is 152 Å². The lowest BCUT2D eigenvalue weighted by Crippen LogP contribution is -2.70. The molecule has 1 saturated carbocycles. The van der Waals surface area contributed by atoms with Crippen molar-refractivity contribution in [3.63, 3.8) is 0 Å². The number of nitrogens with one attached hydrogen (secondary N) is 1. The van der Waals surface area contributed by atoms with E-state index in [1.165, 1.54) is 0 Å². The first-order chi connectivity index (χ1) is 12.7. The number of piperidine rings is 1. The highest BCUT2D eigenvalue weighted by Gasteiger charge is 2.61. The quantitative estimate of drug-likeness (QED) is 0.777.